The van der Waals surface area contributed by atoms with E-state index < -0.39 is 71.4 Å². The molecule has 2 bridgehead atoms. The van der Waals surface area contributed by atoms with Crippen molar-refractivity contribution in [2.45, 2.75) is 129 Å². The van der Waals surface area contributed by atoms with Crippen LogP contribution in [0.15, 0.2) is 54.6 Å². The van der Waals surface area contributed by atoms with Crippen LogP contribution in [0.3, 0.4) is 0 Å². The lowest BCUT2D eigenvalue weighted by atomic mass is 9.75. The van der Waals surface area contributed by atoms with Crippen LogP contribution >= 0.6 is 0 Å². The monoisotopic (exact) mass is 706 g/mol. The lowest BCUT2D eigenvalue weighted by Crippen LogP contribution is -2.75. The predicted octanol–water partition coefficient (Wildman–Crippen LogP) is 4.72. The van der Waals surface area contributed by atoms with Crippen molar-refractivity contribution in [3.8, 4) is 0 Å². The molecule has 2 aliphatic heterocycles. The molecule has 0 aliphatic carbocycles. The number of carbonyl (C=O) groups excluding carboxylic acids is 2. The van der Waals surface area contributed by atoms with Crippen molar-refractivity contribution in [3.05, 3.63) is 60.2 Å². The van der Waals surface area contributed by atoms with Crippen molar-refractivity contribution in [2.24, 2.45) is 11.8 Å². The van der Waals surface area contributed by atoms with Gasteiger partial charge in [0.05, 0.1) is 0 Å². The molecule has 2 aliphatic rings. The standard InChI is InChI=1S/C26H32O11.C9H16O2.C2H6/c1-14(20(35-17(4)28)15(2)12-18-8-6-5-7-9-18)10-11-25-19(29)13-24(37-25,22(30)31)26(34,23(32)33)21(36-25)16(3)27;1-3-8(2)6-4-5-7-9(10)11;1-2/h5-9,15,19-21,29,34H,1,10-13H2,2-4H3,(H,30,31)(H,32,33);5,7-8H,3-4,6H2,1-2H3,(H,10,11);1-2H3/b;7-5+;/t15-,19-,20-,21?,24?,25?,26?;8-;/m10./s1. The molecule has 13 heteroatoms. The van der Waals surface area contributed by atoms with Gasteiger partial charge in [-0.25, -0.2) is 14.4 Å². The average molecular weight is 707 g/mol. The zero-order valence-corrected chi connectivity index (χ0v) is 30.1. The predicted molar refractivity (Wildman–Crippen MR) is 183 cm³/mol. The first-order valence-corrected chi connectivity index (χ1v) is 16.9. The van der Waals surface area contributed by atoms with Crippen LogP contribution < -0.4 is 0 Å². The summed E-state index contributed by atoms with van der Waals surface area (Å²) in [6, 6.07) is 9.50. The van der Waals surface area contributed by atoms with E-state index in [9.17, 15) is 44.4 Å². The quantitative estimate of drug-likeness (QED) is 0.0895. The fraction of sp³-hybridized carbons (Fsp3) is 0.595. The number of carbonyl (C=O) groups is 5. The summed E-state index contributed by atoms with van der Waals surface area (Å²) >= 11 is 0. The van der Waals surface area contributed by atoms with Gasteiger partial charge < -0.3 is 39.7 Å². The maximum atomic E-state index is 12.3. The van der Waals surface area contributed by atoms with Crippen LogP contribution in [-0.2, 0) is 44.6 Å². The molecule has 1 aromatic rings. The lowest BCUT2D eigenvalue weighted by Gasteiger charge is -2.49. The normalized spacial score (nSPS) is 27.0. The molecule has 0 aromatic heterocycles. The number of rotatable bonds is 16. The number of ketones is 1. The van der Waals surface area contributed by atoms with Crippen molar-refractivity contribution in [3.63, 3.8) is 0 Å². The number of carboxylic acid groups (broad SMARTS) is 3. The molecular weight excluding hydrogens is 652 g/mol. The largest absolute Gasteiger partial charge is 0.479 e. The summed E-state index contributed by atoms with van der Waals surface area (Å²) in [5, 5.41) is 49.7. The van der Waals surface area contributed by atoms with E-state index >= 15 is 0 Å². The van der Waals surface area contributed by atoms with E-state index in [2.05, 4.69) is 20.4 Å². The number of hydrogen-bond acceptors (Lipinski definition) is 10. The number of hydrogen-bond donors (Lipinski definition) is 5. The fourth-order valence-corrected chi connectivity index (χ4v) is 6.02. The Morgan fingerprint density at radius 2 is 1.64 bits per heavy atom. The molecule has 280 valence electrons. The summed E-state index contributed by atoms with van der Waals surface area (Å²) in [5.41, 5.74) is -4.71. The van der Waals surface area contributed by atoms with E-state index in [1.807, 2.05) is 51.1 Å². The maximum Gasteiger partial charge on any atom is 0.342 e. The van der Waals surface area contributed by atoms with E-state index in [0.29, 0.717) is 17.9 Å². The fourth-order valence-electron chi connectivity index (χ4n) is 6.02. The van der Waals surface area contributed by atoms with Gasteiger partial charge in [-0.15, -0.1) is 0 Å². The number of aliphatic carboxylic acids is 3. The molecule has 0 spiro atoms. The van der Waals surface area contributed by atoms with Crippen LogP contribution in [0.2, 0.25) is 0 Å². The van der Waals surface area contributed by atoms with Crippen molar-refractivity contribution in [1.82, 2.24) is 0 Å². The van der Waals surface area contributed by atoms with Gasteiger partial charge in [0, 0.05) is 31.8 Å². The first-order valence-electron chi connectivity index (χ1n) is 16.9. The highest BCUT2D eigenvalue weighted by Crippen LogP contribution is 2.54. The summed E-state index contributed by atoms with van der Waals surface area (Å²) in [6.45, 7) is 16.4. The number of benzene rings is 1. The number of aliphatic hydroxyl groups is 2. The van der Waals surface area contributed by atoms with Gasteiger partial charge in [-0.2, -0.15) is 0 Å². The summed E-state index contributed by atoms with van der Waals surface area (Å²) in [4.78, 5) is 58.4. The third-order valence-corrected chi connectivity index (χ3v) is 8.88. The third kappa shape index (κ3) is 10.5. The molecule has 2 fully saturated rings. The second-order valence-corrected chi connectivity index (χ2v) is 12.6. The zero-order chi connectivity index (χ0) is 38.4. The van der Waals surface area contributed by atoms with Crippen LogP contribution in [0.4, 0.5) is 0 Å². The molecule has 3 rings (SSSR count). The SMILES string of the molecule is C=C(CCC12OC(C(C)=O)C(O)(C(=O)O)C(C(=O)O)(C[C@H]1O)O2)[C@@H](OC(C)=O)[C@H](C)Cc1ccccc1.CC.CC[C@H](C)CC/C=C/C(=O)O. The van der Waals surface area contributed by atoms with Gasteiger partial charge in [-0.1, -0.05) is 84.0 Å². The highest BCUT2D eigenvalue weighted by Gasteiger charge is 2.79. The number of esters is 1. The van der Waals surface area contributed by atoms with Gasteiger partial charge in [0.25, 0.3) is 0 Å². The molecule has 0 radical (unpaired) electrons. The van der Waals surface area contributed by atoms with Crippen molar-refractivity contribution >= 4 is 29.7 Å². The maximum absolute atomic E-state index is 12.3. The summed E-state index contributed by atoms with van der Waals surface area (Å²) < 4.78 is 16.7. The number of fused-ring (bicyclic) bond motifs is 2. The van der Waals surface area contributed by atoms with Gasteiger partial charge in [0.2, 0.25) is 11.2 Å². The van der Waals surface area contributed by atoms with Crippen LogP contribution in [-0.4, -0.2) is 90.5 Å². The van der Waals surface area contributed by atoms with Crippen molar-refractivity contribution in [1.29, 1.82) is 0 Å². The first-order chi connectivity index (χ1) is 23.4. The minimum Gasteiger partial charge on any atom is -0.479 e. The second kappa shape index (κ2) is 19.5. The van der Waals surface area contributed by atoms with Crippen molar-refractivity contribution in [2.75, 3.05) is 0 Å². The smallest absolute Gasteiger partial charge is 0.342 e. The molecular formula is C37H54O13. The Morgan fingerprint density at radius 3 is 2.12 bits per heavy atom. The van der Waals surface area contributed by atoms with Gasteiger partial charge in [-0.05, 0) is 49.7 Å². The molecule has 8 atom stereocenters. The van der Waals surface area contributed by atoms with Crippen molar-refractivity contribution < 1.29 is 63.7 Å². The van der Waals surface area contributed by atoms with E-state index in [4.69, 9.17) is 19.3 Å². The Morgan fingerprint density at radius 1 is 1.04 bits per heavy atom. The van der Waals surface area contributed by atoms with Crippen LogP contribution in [0, 0.1) is 11.8 Å². The van der Waals surface area contributed by atoms with E-state index in [1.54, 1.807) is 6.08 Å². The van der Waals surface area contributed by atoms with E-state index in [-0.39, 0.29) is 18.8 Å². The number of carboxylic acids is 3. The number of allylic oxidation sites excluding steroid dienone is 1. The highest BCUT2D eigenvalue weighted by molar-refractivity contribution is 5.98. The van der Waals surface area contributed by atoms with Gasteiger partial charge in [-0.3, -0.25) is 9.59 Å². The Hall–Kier alpha value is -3.91. The Balaban J connectivity index is 0.000000819. The number of Topliss-reactive ketones (excluding diaryl/α,β-unsaturated/α-hetero) is 1. The molecule has 2 saturated heterocycles. The Kier molecular flexibility index (Phi) is 17.2. The van der Waals surface area contributed by atoms with Crippen LogP contribution in [0.1, 0.15) is 92.6 Å². The average Bonchev–Trinajstić information content (AvgIpc) is 3.33. The van der Waals surface area contributed by atoms with Crippen LogP contribution in [0.5, 0.6) is 0 Å². The topological polar surface area (TPSA) is 214 Å². The molecule has 13 nitrogen and oxygen atoms in total. The lowest BCUT2D eigenvalue weighted by molar-refractivity contribution is -0.369. The minimum atomic E-state index is -3.28. The molecule has 4 unspecified atom stereocenters. The van der Waals surface area contributed by atoms with E-state index in [0.717, 1.165) is 25.3 Å². The van der Waals surface area contributed by atoms with E-state index in [1.165, 1.54) is 19.4 Å². The molecule has 0 amide bonds. The highest BCUT2D eigenvalue weighted by atomic mass is 16.8. The zero-order valence-electron chi connectivity index (χ0n) is 30.1. The Bertz CT molecular complexity index is 1360. The first kappa shape index (κ1) is 44.1. The van der Waals surface area contributed by atoms with Gasteiger partial charge in [0.15, 0.2) is 17.7 Å². The number of ether oxygens (including phenoxy) is 3. The van der Waals surface area contributed by atoms with Gasteiger partial charge in [0.1, 0.15) is 12.2 Å². The number of aliphatic hydroxyl groups excluding tert-OH is 1. The molecule has 2 heterocycles. The minimum absolute atomic E-state index is 0.0000395. The molecule has 1 aromatic carbocycles. The summed E-state index contributed by atoms with van der Waals surface area (Å²) in [7, 11) is 0. The molecule has 0 saturated carbocycles. The molecule has 5 N–H and O–H groups in total. The molecule has 50 heavy (non-hydrogen) atoms. The van der Waals surface area contributed by atoms with Crippen LogP contribution in [0.25, 0.3) is 0 Å². The second-order valence-electron chi connectivity index (χ2n) is 12.6. The summed E-state index contributed by atoms with van der Waals surface area (Å²) in [6.07, 6.45) is 0.955. The summed E-state index contributed by atoms with van der Waals surface area (Å²) in [5.74, 6) is -7.87. The van der Waals surface area contributed by atoms with Gasteiger partial charge >= 0.3 is 23.9 Å². The Labute approximate surface area is 293 Å². The third-order valence-electron chi connectivity index (χ3n) is 8.88.